The van der Waals surface area contributed by atoms with Crippen LogP contribution in [0.15, 0.2) is 42.5 Å². The Morgan fingerprint density at radius 2 is 1.74 bits per heavy atom. The molecule has 3 heteroatoms. The van der Waals surface area contributed by atoms with Gasteiger partial charge in [0.2, 0.25) is 0 Å². The lowest BCUT2D eigenvalue weighted by molar-refractivity contribution is 0.869. The van der Waals surface area contributed by atoms with Gasteiger partial charge in [0, 0.05) is 24.8 Å². The molecule has 0 heterocycles. The molecule has 0 fully saturated rings. The summed E-state index contributed by atoms with van der Waals surface area (Å²) in [5, 5.41) is 0.761. The van der Waals surface area contributed by atoms with Crippen LogP contribution in [0.1, 0.15) is 22.7 Å². The van der Waals surface area contributed by atoms with E-state index >= 15 is 0 Å². The fraction of sp³-hybridized carbons (Fsp3) is 0.250. The molecular weight excluding hydrogens is 256 g/mol. The number of nitrogens with zero attached hydrogens (tertiary/aromatic N) is 1. The molecule has 0 spiro atoms. The molecule has 0 aromatic heterocycles. The summed E-state index contributed by atoms with van der Waals surface area (Å²) in [6.07, 6.45) is 0. The smallest absolute Gasteiger partial charge is 0.0552 e. The summed E-state index contributed by atoms with van der Waals surface area (Å²) >= 11 is 6.16. The van der Waals surface area contributed by atoms with Gasteiger partial charge in [-0.3, -0.25) is 0 Å². The summed E-state index contributed by atoms with van der Waals surface area (Å²) in [6.45, 7) is 1.99. The molecule has 0 aliphatic carbocycles. The van der Waals surface area contributed by atoms with Crippen molar-refractivity contribution in [3.8, 4) is 0 Å². The summed E-state index contributed by atoms with van der Waals surface area (Å²) in [5.41, 5.74) is 10.7. The molecule has 0 amide bonds. The van der Waals surface area contributed by atoms with Crippen LogP contribution in [0, 0.1) is 6.92 Å². The second-order valence-corrected chi connectivity index (χ2v) is 5.38. The SMILES string of the molecule is Cc1ccc(C(N)c2cccc(N(C)C)c2)cc1Cl. The highest BCUT2D eigenvalue weighted by molar-refractivity contribution is 6.31. The first-order valence-electron chi connectivity index (χ1n) is 6.28. The summed E-state index contributed by atoms with van der Waals surface area (Å²) in [7, 11) is 4.04. The Morgan fingerprint density at radius 3 is 2.37 bits per heavy atom. The van der Waals surface area contributed by atoms with Gasteiger partial charge in [0.05, 0.1) is 6.04 Å². The lowest BCUT2D eigenvalue weighted by Gasteiger charge is -2.18. The van der Waals surface area contributed by atoms with Crippen molar-refractivity contribution in [3.63, 3.8) is 0 Å². The number of halogens is 1. The van der Waals surface area contributed by atoms with Crippen LogP contribution in [0.5, 0.6) is 0 Å². The molecular formula is C16H19ClN2. The van der Waals surface area contributed by atoms with Gasteiger partial charge in [0.25, 0.3) is 0 Å². The lowest BCUT2D eigenvalue weighted by Crippen LogP contribution is -2.14. The van der Waals surface area contributed by atoms with Gasteiger partial charge in [-0.1, -0.05) is 35.9 Å². The van der Waals surface area contributed by atoms with E-state index in [1.165, 1.54) is 0 Å². The van der Waals surface area contributed by atoms with E-state index in [9.17, 15) is 0 Å². The average molecular weight is 275 g/mol. The maximum atomic E-state index is 6.33. The maximum Gasteiger partial charge on any atom is 0.0552 e. The second kappa shape index (κ2) is 5.64. The molecule has 0 saturated heterocycles. The van der Waals surface area contributed by atoms with E-state index in [1.807, 2.05) is 51.4 Å². The first-order chi connectivity index (χ1) is 8.99. The predicted molar refractivity (Wildman–Crippen MR) is 83.0 cm³/mol. The highest BCUT2D eigenvalue weighted by Crippen LogP contribution is 2.26. The molecule has 19 heavy (non-hydrogen) atoms. The minimum Gasteiger partial charge on any atom is -0.378 e. The summed E-state index contributed by atoms with van der Waals surface area (Å²) < 4.78 is 0. The summed E-state index contributed by atoms with van der Waals surface area (Å²) in [4.78, 5) is 2.07. The molecule has 1 atom stereocenters. The van der Waals surface area contributed by atoms with Crippen LogP contribution in [0.3, 0.4) is 0 Å². The van der Waals surface area contributed by atoms with E-state index in [2.05, 4.69) is 17.0 Å². The van der Waals surface area contributed by atoms with Crippen molar-refractivity contribution < 1.29 is 0 Å². The third kappa shape index (κ3) is 3.09. The molecule has 0 radical (unpaired) electrons. The predicted octanol–water partition coefficient (Wildman–Crippen LogP) is 3.76. The van der Waals surface area contributed by atoms with Crippen molar-refractivity contribution >= 4 is 17.3 Å². The first kappa shape index (κ1) is 13.9. The monoisotopic (exact) mass is 274 g/mol. The fourth-order valence-electron chi connectivity index (χ4n) is 1.99. The third-order valence-electron chi connectivity index (χ3n) is 3.30. The largest absolute Gasteiger partial charge is 0.378 e. The first-order valence-corrected chi connectivity index (χ1v) is 6.66. The van der Waals surface area contributed by atoms with Crippen molar-refractivity contribution in [1.29, 1.82) is 0 Å². The van der Waals surface area contributed by atoms with E-state index < -0.39 is 0 Å². The molecule has 100 valence electrons. The van der Waals surface area contributed by atoms with Crippen molar-refractivity contribution in [2.75, 3.05) is 19.0 Å². The Hall–Kier alpha value is -1.51. The van der Waals surface area contributed by atoms with Crippen LogP contribution in [-0.4, -0.2) is 14.1 Å². The van der Waals surface area contributed by atoms with E-state index in [4.69, 9.17) is 17.3 Å². The Balaban J connectivity index is 2.35. The Labute approximate surface area is 119 Å². The molecule has 2 aromatic rings. The molecule has 0 aliphatic heterocycles. The van der Waals surface area contributed by atoms with Crippen molar-refractivity contribution in [2.45, 2.75) is 13.0 Å². The van der Waals surface area contributed by atoms with Gasteiger partial charge in [-0.05, 0) is 41.8 Å². The Bertz CT molecular complexity index is 579. The number of nitrogens with two attached hydrogens (primary N) is 1. The summed E-state index contributed by atoms with van der Waals surface area (Å²) in [5.74, 6) is 0. The average Bonchev–Trinajstić information content (AvgIpc) is 2.41. The minimum atomic E-state index is -0.155. The fourth-order valence-corrected chi connectivity index (χ4v) is 2.18. The highest BCUT2D eigenvalue weighted by atomic mass is 35.5. The second-order valence-electron chi connectivity index (χ2n) is 4.98. The van der Waals surface area contributed by atoms with Gasteiger partial charge in [-0.2, -0.15) is 0 Å². The van der Waals surface area contributed by atoms with Crippen LogP contribution >= 0.6 is 11.6 Å². The van der Waals surface area contributed by atoms with Crippen LogP contribution in [0.2, 0.25) is 5.02 Å². The van der Waals surface area contributed by atoms with Crippen molar-refractivity contribution in [2.24, 2.45) is 5.73 Å². The topological polar surface area (TPSA) is 29.3 Å². The highest BCUT2D eigenvalue weighted by Gasteiger charge is 2.11. The zero-order chi connectivity index (χ0) is 14.0. The molecule has 0 aliphatic rings. The van der Waals surface area contributed by atoms with Gasteiger partial charge in [0.1, 0.15) is 0 Å². The van der Waals surface area contributed by atoms with E-state index in [0.717, 1.165) is 27.4 Å². The van der Waals surface area contributed by atoms with E-state index in [-0.39, 0.29) is 6.04 Å². The van der Waals surface area contributed by atoms with Crippen LogP contribution in [0.25, 0.3) is 0 Å². The van der Waals surface area contributed by atoms with Gasteiger partial charge >= 0.3 is 0 Å². The van der Waals surface area contributed by atoms with Crippen molar-refractivity contribution in [3.05, 3.63) is 64.2 Å². The molecule has 2 nitrogen and oxygen atoms in total. The van der Waals surface area contributed by atoms with Gasteiger partial charge in [0.15, 0.2) is 0 Å². The van der Waals surface area contributed by atoms with Crippen LogP contribution < -0.4 is 10.6 Å². The van der Waals surface area contributed by atoms with Gasteiger partial charge < -0.3 is 10.6 Å². The minimum absolute atomic E-state index is 0.155. The molecule has 2 rings (SSSR count). The zero-order valence-electron chi connectivity index (χ0n) is 11.5. The Kier molecular flexibility index (Phi) is 4.13. The molecule has 0 saturated carbocycles. The maximum absolute atomic E-state index is 6.33. The van der Waals surface area contributed by atoms with E-state index in [0.29, 0.717) is 0 Å². The van der Waals surface area contributed by atoms with Gasteiger partial charge in [-0.25, -0.2) is 0 Å². The third-order valence-corrected chi connectivity index (χ3v) is 3.71. The van der Waals surface area contributed by atoms with Crippen LogP contribution in [-0.2, 0) is 0 Å². The van der Waals surface area contributed by atoms with Crippen molar-refractivity contribution in [1.82, 2.24) is 0 Å². The van der Waals surface area contributed by atoms with Gasteiger partial charge in [-0.15, -0.1) is 0 Å². The number of benzene rings is 2. The number of rotatable bonds is 3. The zero-order valence-corrected chi connectivity index (χ0v) is 12.3. The number of hydrogen-bond acceptors (Lipinski definition) is 2. The molecule has 2 N–H and O–H groups in total. The number of aryl methyl sites for hydroxylation is 1. The standard InChI is InChI=1S/C16H19ClN2/c1-11-7-8-13(10-15(11)17)16(18)12-5-4-6-14(9-12)19(2)3/h4-10,16H,18H2,1-3H3. The Morgan fingerprint density at radius 1 is 1.05 bits per heavy atom. The molecule has 2 aromatic carbocycles. The lowest BCUT2D eigenvalue weighted by atomic mass is 9.98. The van der Waals surface area contributed by atoms with Crippen LogP contribution in [0.4, 0.5) is 5.69 Å². The normalized spacial score (nSPS) is 12.3. The summed E-state index contributed by atoms with van der Waals surface area (Å²) in [6, 6.07) is 14.1. The van der Waals surface area contributed by atoms with E-state index in [1.54, 1.807) is 0 Å². The molecule has 0 bridgehead atoms. The quantitative estimate of drug-likeness (QED) is 0.923. The number of anilines is 1. The molecule has 1 unspecified atom stereocenters. The number of hydrogen-bond donors (Lipinski definition) is 1.